The molecule has 5 aliphatic rings. The zero-order valence-corrected chi connectivity index (χ0v) is 19.7. The fourth-order valence-corrected chi connectivity index (χ4v) is 8.24. The van der Waals surface area contributed by atoms with Crippen molar-refractivity contribution in [3.8, 4) is 11.5 Å². The minimum atomic E-state index is -0.506. The van der Waals surface area contributed by atoms with Gasteiger partial charge in [0.2, 0.25) is 0 Å². The summed E-state index contributed by atoms with van der Waals surface area (Å²) in [4.78, 5) is 19.3. The van der Waals surface area contributed by atoms with E-state index in [1.165, 1.54) is 4.88 Å². The molecule has 4 fully saturated rings. The number of carbonyl (C=O) groups excluding carboxylic acids is 1. The lowest BCUT2D eigenvalue weighted by Crippen LogP contribution is -2.79. The van der Waals surface area contributed by atoms with Crippen molar-refractivity contribution < 1.29 is 19.0 Å². The number of carbonyl (C=O) groups is 1. The van der Waals surface area contributed by atoms with Crippen LogP contribution in [0.1, 0.15) is 46.8 Å². The van der Waals surface area contributed by atoms with Crippen molar-refractivity contribution in [2.45, 2.75) is 32.3 Å². The molecule has 170 valence electrons. The first kappa shape index (κ1) is 20.5. The summed E-state index contributed by atoms with van der Waals surface area (Å²) in [5, 5.41) is 5.84. The maximum absolute atomic E-state index is 12.7. The number of thiophene rings is 1. The van der Waals surface area contributed by atoms with Crippen molar-refractivity contribution in [3.63, 3.8) is 0 Å². The highest BCUT2D eigenvalue weighted by Gasteiger charge is 2.63. The van der Waals surface area contributed by atoms with E-state index in [0.29, 0.717) is 23.0 Å². The van der Waals surface area contributed by atoms with Crippen LogP contribution in [0, 0.1) is 10.8 Å². The number of fused-ring (bicyclic) bond motifs is 1. The molecule has 0 unspecified atom stereocenters. The number of cyclic esters (lactones) is 1. The van der Waals surface area contributed by atoms with Gasteiger partial charge in [0.15, 0.2) is 17.7 Å². The molecule has 4 bridgehead atoms. The van der Waals surface area contributed by atoms with Crippen LogP contribution in [0.25, 0.3) is 0 Å². The third kappa shape index (κ3) is 2.73. The fraction of sp³-hybridized carbons (Fsp3) is 0.542. The number of piperidine rings is 2. The summed E-state index contributed by atoms with van der Waals surface area (Å²) in [6.45, 7) is 8.98. The predicted octanol–water partition coefficient (Wildman–Crippen LogP) is 3.25. The van der Waals surface area contributed by atoms with Crippen molar-refractivity contribution in [3.05, 3.63) is 45.6 Å². The number of ether oxygens (including phenoxy) is 3. The van der Waals surface area contributed by atoms with Crippen molar-refractivity contribution in [1.82, 2.24) is 15.1 Å². The summed E-state index contributed by atoms with van der Waals surface area (Å²) < 4.78 is 16.6. The first-order chi connectivity index (χ1) is 15.4. The fourth-order valence-electron chi connectivity index (χ4n) is 7.06. The Balaban J connectivity index is 1.28. The van der Waals surface area contributed by atoms with E-state index in [4.69, 9.17) is 14.2 Å². The normalized spacial score (nSPS) is 39.1. The van der Waals surface area contributed by atoms with Gasteiger partial charge in [-0.3, -0.25) is 9.80 Å². The van der Waals surface area contributed by atoms with Gasteiger partial charge in [0.05, 0.1) is 14.2 Å². The highest BCUT2D eigenvalue weighted by molar-refractivity contribution is 7.10. The Morgan fingerprint density at radius 3 is 2.31 bits per heavy atom. The highest BCUT2D eigenvalue weighted by Crippen LogP contribution is 2.60. The third-order valence-electron chi connectivity index (χ3n) is 7.76. The SMILES string of the molecule is COc1ccc2c(c1OC)C(=O)O[C@@H]2NC1N2CC3(C)CN1CC(C)(C2)C3c1cccs1. The van der Waals surface area contributed by atoms with Gasteiger partial charge in [-0.2, -0.15) is 0 Å². The van der Waals surface area contributed by atoms with Crippen LogP contribution in [-0.2, 0) is 4.74 Å². The smallest absolute Gasteiger partial charge is 0.344 e. The monoisotopic (exact) mass is 455 g/mol. The Morgan fingerprint density at radius 2 is 1.75 bits per heavy atom. The zero-order chi connectivity index (χ0) is 22.3. The quantitative estimate of drug-likeness (QED) is 0.695. The topological polar surface area (TPSA) is 63.3 Å². The number of hydrogen-bond acceptors (Lipinski definition) is 8. The van der Waals surface area contributed by atoms with Crippen LogP contribution >= 0.6 is 11.3 Å². The molecule has 0 amide bonds. The van der Waals surface area contributed by atoms with E-state index >= 15 is 0 Å². The van der Waals surface area contributed by atoms with Crippen molar-refractivity contribution >= 4 is 17.3 Å². The molecule has 5 aliphatic heterocycles. The maximum Gasteiger partial charge on any atom is 0.344 e. The van der Waals surface area contributed by atoms with Gasteiger partial charge in [0.25, 0.3) is 0 Å². The van der Waals surface area contributed by atoms with E-state index in [1.54, 1.807) is 14.2 Å². The summed E-state index contributed by atoms with van der Waals surface area (Å²) in [6.07, 6.45) is -0.467. The molecule has 7 rings (SSSR count). The summed E-state index contributed by atoms with van der Waals surface area (Å²) in [7, 11) is 3.12. The van der Waals surface area contributed by atoms with Gasteiger partial charge in [0, 0.05) is 53.4 Å². The van der Waals surface area contributed by atoms with E-state index in [1.807, 2.05) is 23.5 Å². The first-order valence-electron chi connectivity index (χ1n) is 11.1. The molecule has 32 heavy (non-hydrogen) atoms. The Kier molecular flexibility index (Phi) is 4.44. The van der Waals surface area contributed by atoms with E-state index < -0.39 is 6.23 Å². The lowest BCUT2D eigenvalue weighted by molar-refractivity contribution is -0.221. The molecule has 1 aromatic carbocycles. The number of nitrogens with zero attached hydrogens (tertiary/aromatic N) is 2. The maximum atomic E-state index is 12.7. The highest BCUT2D eigenvalue weighted by atomic mass is 32.1. The Hall–Kier alpha value is -2.13. The van der Waals surface area contributed by atoms with E-state index in [2.05, 4.69) is 46.5 Å². The minimum absolute atomic E-state index is 0.0392. The summed E-state index contributed by atoms with van der Waals surface area (Å²) in [5.74, 6) is 1.17. The van der Waals surface area contributed by atoms with Gasteiger partial charge in [-0.05, 0) is 23.6 Å². The molecule has 1 aromatic heterocycles. The zero-order valence-electron chi connectivity index (χ0n) is 18.9. The molecule has 0 aliphatic carbocycles. The second kappa shape index (κ2) is 6.93. The van der Waals surface area contributed by atoms with Crippen molar-refractivity contribution in [2.75, 3.05) is 40.4 Å². The summed E-state index contributed by atoms with van der Waals surface area (Å²) >= 11 is 1.89. The van der Waals surface area contributed by atoms with Crippen LogP contribution in [0.15, 0.2) is 29.6 Å². The Bertz CT molecular complexity index is 1030. The molecule has 0 radical (unpaired) electrons. The van der Waals surface area contributed by atoms with Gasteiger partial charge in [-0.25, -0.2) is 10.1 Å². The van der Waals surface area contributed by atoms with E-state index in [9.17, 15) is 4.79 Å². The molecule has 7 nitrogen and oxygen atoms in total. The van der Waals surface area contributed by atoms with Crippen LogP contribution in [0.3, 0.4) is 0 Å². The van der Waals surface area contributed by atoms with Crippen molar-refractivity contribution in [2.24, 2.45) is 10.8 Å². The van der Waals surface area contributed by atoms with Gasteiger partial charge in [-0.1, -0.05) is 19.9 Å². The Morgan fingerprint density at radius 1 is 1.06 bits per heavy atom. The number of esters is 1. The molecular formula is C24H29N3O4S. The predicted molar refractivity (Wildman–Crippen MR) is 121 cm³/mol. The number of methoxy groups -OCH3 is 2. The standard InChI is InChI=1S/C24H29N3O4S/c1-23-10-26-12-24(2,19(23)16-6-5-9-32-16)13-27(11-23)22(26)25-20-14-7-8-15(29-3)18(30-4)17(14)21(28)31-20/h5-9,19-20,22,25H,10-13H2,1-4H3/t19?,20-,22?,23?,24?/m0/s1. The average molecular weight is 456 g/mol. The lowest BCUT2D eigenvalue weighted by Gasteiger charge is -2.69. The summed E-state index contributed by atoms with van der Waals surface area (Å²) in [5.41, 5.74) is 1.66. The van der Waals surface area contributed by atoms with Crippen LogP contribution < -0.4 is 14.8 Å². The molecule has 0 spiro atoms. The minimum Gasteiger partial charge on any atom is -0.493 e. The van der Waals surface area contributed by atoms with Crippen LogP contribution in [0.5, 0.6) is 11.5 Å². The second-order valence-corrected chi connectivity index (χ2v) is 11.1. The summed E-state index contributed by atoms with van der Waals surface area (Å²) in [6, 6.07) is 8.22. The first-order valence-corrected chi connectivity index (χ1v) is 12.0. The molecule has 6 heterocycles. The number of nitrogens with one attached hydrogen (secondary N) is 1. The van der Waals surface area contributed by atoms with Crippen molar-refractivity contribution in [1.29, 1.82) is 0 Å². The number of rotatable bonds is 5. The molecule has 4 saturated heterocycles. The molecule has 1 atom stereocenters. The molecule has 0 saturated carbocycles. The average Bonchev–Trinajstić information content (AvgIpc) is 3.36. The number of benzene rings is 1. The molecule has 8 heteroatoms. The van der Waals surface area contributed by atoms with E-state index in [-0.39, 0.29) is 23.1 Å². The van der Waals surface area contributed by atoms with Crippen LogP contribution in [0.4, 0.5) is 0 Å². The van der Waals surface area contributed by atoms with Gasteiger partial charge in [-0.15, -0.1) is 11.3 Å². The largest absolute Gasteiger partial charge is 0.493 e. The second-order valence-electron chi connectivity index (χ2n) is 10.2. The number of hydrogen-bond donors (Lipinski definition) is 1. The molecular weight excluding hydrogens is 426 g/mol. The van der Waals surface area contributed by atoms with Gasteiger partial charge in [0.1, 0.15) is 11.9 Å². The van der Waals surface area contributed by atoms with Gasteiger partial charge >= 0.3 is 5.97 Å². The van der Waals surface area contributed by atoms with Gasteiger partial charge < -0.3 is 14.2 Å². The molecule has 2 aromatic rings. The lowest BCUT2D eigenvalue weighted by atomic mass is 9.55. The van der Waals surface area contributed by atoms with Crippen LogP contribution in [0.2, 0.25) is 0 Å². The third-order valence-corrected chi connectivity index (χ3v) is 8.70. The Labute approximate surface area is 192 Å². The molecule has 1 N–H and O–H groups in total. The van der Waals surface area contributed by atoms with Crippen LogP contribution in [-0.4, -0.2) is 62.5 Å². The van der Waals surface area contributed by atoms with E-state index in [0.717, 1.165) is 31.7 Å².